The number of carboxylic acids is 1. The van der Waals surface area contributed by atoms with E-state index in [1.54, 1.807) is 0 Å². The van der Waals surface area contributed by atoms with Crippen LogP contribution in [-0.2, 0) is 32.7 Å². The van der Waals surface area contributed by atoms with Crippen molar-refractivity contribution < 1.29 is 42.7 Å². The zero-order chi connectivity index (χ0) is 49.0. The van der Waals surface area contributed by atoms with Gasteiger partial charge in [-0.05, 0) is 51.4 Å². The van der Waals surface area contributed by atoms with E-state index in [1.807, 2.05) is 0 Å². The zero-order valence-electron chi connectivity index (χ0n) is 43.5. The Balaban J connectivity index is 4.08. The predicted molar refractivity (Wildman–Crippen MR) is 281 cm³/mol. The van der Waals surface area contributed by atoms with E-state index in [0.717, 1.165) is 70.6 Å². The number of unbranched alkanes of at least 4 members (excludes halogenated alkanes) is 34. The summed E-state index contributed by atoms with van der Waals surface area (Å²) >= 11 is 0. The van der Waals surface area contributed by atoms with Gasteiger partial charge in [-0.1, -0.05) is 249 Å². The Morgan fingerprint density at radius 3 is 1.22 bits per heavy atom. The Morgan fingerprint density at radius 2 is 0.821 bits per heavy atom. The first-order chi connectivity index (χ1) is 32.7. The summed E-state index contributed by atoms with van der Waals surface area (Å²) in [6, 6.07) is -1.48. The van der Waals surface area contributed by atoms with Gasteiger partial charge in [0.15, 0.2) is 0 Å². The highest BCUT2D eigenvalue weighted by Crippen LogP contribution is 2.43. The summed E-state index contributed by atoms with van der Waals surface area (Å²) < 4.78 is 33.6. The van der Waals surface area contributed by atoms with Gasteiger partial charge in [0.05, 0.1) is 19.8 Å². The molecule has 0 bridgehead atoms. The predicted octanol–water partition coefficient (Wildman–Crippen LogP) is 16.8. The molecule has 0 aromatic heterocycles. The van der Waals surface area contributed by atoms with Crippen LogP contribution in [0.5, 0.6) is 0 Å². The van der Waals surface area contributed by atoms with Crippen LogP contribution in [0.1, 0.15) is 271 Å². The fraction of sp³-hybridized carbons (Fsp3) is 0.857. The summed E-state index contributed by atoms with van der Waals surface area (Å²) in [6.45, 7) is 3.91. The SMILES string of the molecule is CCCCCCC/C=C\C/C=C\C/C=C\CCCCCCCCC(=O)OC(COCCCCCCCCCCCCCCCCCCCCCCCCCC)COP(=O)(O)OCC(N)C(=O)O. The Morgan fingerprint density at radius 1 is 0.478 bits per heavy atom. The van der Waals surface area contributed by atoms with Crippen molar-refractivity contribution in [3.63, 3.8) is 0 Å². The summed E-state index contributed by atoms with van der Waals surface area (Å²) in [4.78, 5) is 33.8. The van der Waals surface area contributed by atoms with E-state index < -0.39 is 45.1 Å². The van der Waals surface area contributed by atoms with E-state index in [0.29, 0.717) is 13.0 Å². The highest BCUT2D eigenvalue weighted by atomic mass is 31.2. The average molecular weight is 968 g/mol. The molecule has 0 aromatic rings. The fourth-order valence-corrected chi connectivity index (χ4v) is 8.86. The molecule has 0 amide bonds. The van der Waals surface area contributed by atoms with E-state index >= 15 is 0 Å². The van der Waals surface area contributed by atoms with Gasteiger partial charge in [0.25, 0.3) is 0 Å². The van der Waals surface area contributed by atoms with E-state index in [2.05, 4.69) is 50.3 Å². The highest BCUT2D eigenvalue weighted by molar-refractivity contribution is 7.47. The molecule has 0 saturated heterocycles. The van der Waals surface area contributed by atoms with Crippen LogP contribution in [0.25, 0.3) is 0 Å². The van der Waals surface area contributed by atoms with Crippen LogP contribution in [0.15, 0.2) is 36.5 Å². The van der Waals surface area contributed by atoms with Crippen molar-refractivity contribution in [2.24, 2.45) is 5.73 Å². The molecule has 0 aliphatic rings. The molecule has 3 unspecified atom stereocenters. The Kier molecular flexibility index (Phi) is 50.6. The first-order valence-corrected chi connectivity index (χ1v) is 29.5. The molecule has 394 valence electrons. The zero-order valence-corrected chi connectivity index (χ0v) is 44.4. The maximum atomic E-state index is 12.7. The van der Waals surface area contributed by atoms with Gasteiger partial charge in [0, 0.05) is 13.0 Å². The fourth-order valence-electron chi connectivity index (χ4n) is 8.08. The molecule has 67 heavy (non-hydrogen) atoms. The molecule has 0 saturated carbocycles. The third-order valence-corrected chi connectivity index (χ3v) is 13.4. The topological polar surface area (TPSA) is 155 Å². The van der Waals surface area contributed by atoms with E-state index in [1.165, 1.54) is 173 Å². The van der Waals surface area contributed by atoms with Crippen LogP contribution in [0.4, 0.5) is 0 Å². The van der Waals surface area contributed by atoms with E-state index in [4.69, 9.17) is 29.4 Å². The molecule has 11 heteroatoms. The highest BCUT2D eigenvalue weighted by Gasteiger charge is 2.27. The molecule has 0 aromatic carbocycles. The number of rotatable bonds is 54. The minimum atomic E-state index is -4.63. The van der Waals surface area contributed by atoms with Crippen molar-refractivity contribution in [1.82, 2.24) is 0 Å². The Hall–Kier alpha value is -1.81. The quantitative estimate of drug-likeness (QED) is 0.0232. The second-order valence-electron chi connectivity index (χ2n) is 19.1. The lowest BCUT2D eigenvalue weighted by Gasteiger charge is -2.20. The van der Waals surface area contributed by atoms with Crippen molar-refractivity contribution >= 4 is 19.8 Å². The van der Waals surface area contributed by atoms with Gasteiger partial charge in [-0.25, -0.2) is 4.57 Å². The first kappa shape index (κ1) is 65.2. The summed E-state index contributed by atoms with van der Waals surface area (Å²) in [6.07, 6.45) is 62.1. The second-order valence-corrected chi connectivity index (χ2v) is 20.5. The van der Waals surface area contributed by atoms with Crippen molar-refractivity contribution in [1.29, 1.82) is 0 Å². The molecule has 0 heterocycles. The van der Waals surface area contributed by atoms with Crippen LogP contribution < -0.4 is 5.73 Å². The van der Waals surface area contributed by atoms with Crippen molar-refractivity contribution in [2.45, 2.75) is 283 Å². The third-order valence-electron chi connectivity index (χ3n) is 12.4. The minimum absolute atomic E-state index is 0.0150. The number of hydrogen-bond acceptors (Lipinski definition) is 8. The first-order valence-electron chi connectivity index (χ1n) is 28.0. The van der Waals surface area contributed by atoms with Gasteiger partial charge < -0.3 is 25.2 Å². The lowest BCUT2D eigenvalue weighted by Crippen LogP contribution is -2.34. The number of aliphatic carboxylic acids is 1. The van der Waals surface area contributed by atoms with Gasteiger partial charge in [-0.15, -0.1) is 0 Å². The molecular formula is C56H106NO9P. The van der Waals surface area contributed by atoms with Crippen LogP contribution >= 0.6 is 7.82 Å². The Bertz CT molecular complexity index is 1210. The molecule has 0 aliphatic heterocycles. The van der Waals surface area contributed by atoms with Crippen LogP contribution in [0.3, 0.4) is 0 Å². The standard InChI is InChI=1S/C56H106NO9P/c1-3-5-7-9-11-13-15-17-19-21-23-25-26-27-29-31-33-35-37-39-41-43-45-47-49-63-50-53(51-64-67(61,62)65-52-54(57)56(59)60)66-55(58)48-46-44-42-40-38-36-34-32-30-28-24-22-20-18-16-14-12-10-8-6-4-2/h16,18,22,24,30,32,53-54H,3-15,17,19-21,23,25-29,31,33-52,57H2,1-2H3,(H,59,60)(H,61,62)/b18-16-,24-22-,32-30-. The number of ether oxygens (including phenoxy) is 2. The molecule has 4 N–H and O–H groups in total. The molecular weight excluding hydrogens is 862 g/mol. The lowest BCUT2D eigenvalue weighted by atomic mass is 10.0. The number of carbonyl (C=O) groups excluding carboxylic acids is 1. The molecule has 10 nitrogen and oxygen atoms in total. The molecule has 0 radical (unpaired) electrons. The number of hydrogen-bond donors (Lipinski definition) is 3. The monoisotopic (exact) mass is 968 g/mol. The van der Waals surface area contributed by atoms with Crippen LogP contribution in [0.2, 0.25) is 0 Å². The lowest BCUT2D eigenvalue weighted by molar-refractivity contribution is -0.154. The third kappa shape index (κ3) is 51.9. The molecule has 3 atom stereocenters. The number of phosphoric acid groups is 1. The van der Waals surface area contributed by atoms with Gasteiger partial charge in [0.2, 0.25) is 0 Å². The second kappa shape index (κ2) is 52.0. The number of carbonyl (C=O) groups is 2. The maximum Gasteiger partial charge on any atom is 0.472 e. The largest absolute Gasteiger partial charge is 0.480 e. The van der Waals surface area contributed by atoms with Crippen LogP contribution in [0, 0.1) is 0 Å². The molecule has 0 aliphatic carbocycles. The maximum absolute atomic E-state index is 12.7. The summed E-state index contributed by atoms with van der Waals surface area (Å²) in [5.41, 5.74) is 5.38. The molecule has 0 spiro atoms. The number of carboxylic acid groups (broad SMARTS) is 1. The summed E-state index contributed by atoms with van der Waals surface area (Å²) in [5, 5.41) is 8.94. The normalized spacial score (nSPS) is 13.9. The number of phosphoric ester groups is 1. The smallest absolute Gasteiger partial charge is 0.472 e. The number of nitrogens with two attached hydrogens (primary N) is 1. The van der Waals surface area contributed by atoms with Gasteiger partial charge >= 0.3 is 19.8 Å². The number of esters is 1. The average Bonchev–Trinajstić information content (AvgIpc) is 3.31. The number of allylic oxidation sites excluding steroid dienone is 6. The Labute approximate surface area is 412 Å². The van der Waals surface area contributed by atoms with Gasteiger partial charge in [-0.3, -0.25) is 18.6 Å². The van der Waals surface area contributed by atoms with E-state index in [-0.39, 0.29) is 13.0 Å². The van der Waals surface area contributed by atoms with Crippen LogP contribution in [-0.4, -0.2) is 60.5 Å². The van der Waals surface area contributed by atoms with Crippen molar-refractivity contribution in [2.75, 3.05) is 26.4 Å². The van der Waals surface area contributed by atoms with Gasteiger partial charge in [0.1, 0.15) is 12.1 Å². The minimum Gasteiger partial charge on any atom is -0.480 e. The summed E-state index contributed by atoms with van der Waals surface area (Å²) in [7, 11) is -4.63. The van der Waals surface area contributed by atoms with Gasteiger partial charge in [-0.2, -0.15) is 0 Å². The van der Waals surface area contributed by atoms with E-state index in [9.17, 15) is 19.0 Å². The van der Waals surface area contributed by atoms with Crippen molar-refractivity contribution in [3.05, 3.63) is 36.5 Å². The molecule has 0 fully saturated rings. The molecule has 0 rings (SSSR count). The summed E-state index contributed by atoms with van der Waals surface area (Å²) in [5.74, 6) is -1.78. The van der Waals surface area contributed by atoms with Crippen molar-refractivity contribution in [3.8, 4) is 0 Å².